The molecule has 1 heterocycles. The summed E-state index contributed by atoms with van der Waals surface area (Å²) in [7, 11) is 1.40. The van der Waals surface area contributed by atoms with Crippen molar-refractivity contribution < 1.29 is 28.6 Å². The normalized spacial score (nSPS) is 10.6. The maximum atomic E-state index is 11.9. The van der Waals surface area contributed by atoms with E-state index in [-0.39, 0.29) is 35.0 Å². The van der Waals surface area contributed by atoms with Gasteiger partial charge in [-0.15, -0.1) is 0 Å². The van der Waals surface area contributed by atoms with E-state index in [0.717, 1.165) is 0 Å². The number of amides is 1. The lowest BCUT2D eigenvalue weighted by Gasteiger charge is -2.06. The number of rotatable bonds is 4. The fourth-order valence-electron chi connectivity index (χ4n) is 2.16. The summed E-state index contributed by atoms with van der Waals surface area (Å²) < 4.78 is 15.5. The predicted octanol–water partition coefficient (Wildman–Crippen LogP) is 1.73. The van der Waals surface area contributed by atoms with Crippen LogP contribution < -0.4 is 10.5 Å². The quantitative estimate of drug-likeness (QED) is 0.830. The van der Waals surface area contributed by atoms with Crippen LogP contribution in [0.25, 0.3) is 11.0 Å². The van der Waals surface area contributed by atoms with Crippen molar-refractivity contribution in [1.29, 1.82) is 0 Å². The summed E-state index contributed by atoms with van der Waals surface area (Å²) >= 11 is 0. The van der Waals surface area contributed by atoms with Gasteiger partial charge in [0.2, 0.25) is 5.76 Å². The van der Waals surface area contributed by atoms with Crippen molar-refractivity contribution in [2.45, 2.75) is 13.8 Å². The highest BCUT2D eigenvalue weighted by atomic mass is 16.5. The van der Waals surface area contributed by atoms with E-state index in [0.29, 0.717) is 10.9 Å². The lowest BCUT2D eigenvalue weighted by molar-refractivity contribution is 0.0491. The van der Waals surface area contributed by atoms with Gasteiger partial charge in [0.15, 0.2) is 5.58 Å². The number of furan rings is 1. The largest absolute Gasteiger partial charge is 0.507 e. The number of benzene rings is 1. The summed E-state index contributed by atoms with van der Waals surface area (Å²) in [5.41, 5.74) is 5.49. The Hall–Kier alpha value is -2.70. The Labute approximate surface area is 120 Å². The van der Waals surface area contributed by atoms with Crippen LogP contribution in [-0.4, -0.2) is 30.7 Å². The Morgan fingerprint density at radius 2 is 2.10 bits per heavy atom. The minimum Gasteiger partial charge on any atom is -0.507 e. The fourth-order valence-corrected chi connectivity index (χ4v) is 2.16. The van der Waals surface area contributed by atoms with Gasteiger partial charge in [0.25, 0.3) is 5.91 Å². The number of aryl methyl sites for hydroxylation is 1. The van der Waals surface area contributed by atoms with Gasteiger partial charge in [0, 0.05) is 11.6 Å². The lowest BCUT2D eigenvalue weighted by atomic mass is 10.1. The average molecular weight is 293 g/mol. The molecule has 0 aliphatic rings. The molecule has 0 unspecified atom stereocenters. The minimum atomic E-state index is -0.871. The number of carbonyl (C=O) groups is 2. The van der Waals surface area contributed by atoms with E-state index in [9.17, 15) is 14.7 Å². The van der Waals surface area contributed by atoms with Gasteiger partial charge < -0.3 is 24.7 Å². The Kier molecular flexibility index (Phi) is 3.75. The molecular formula is C14H15NO6. The highest BCUT2D eigenvalue weighted by molar-refractivity contribution is 6.11. The summed E-state index contributed by atoms with van der Waals surface area (Å²) in [5.74, 6) is -1.70. The molecule has 2 rings (SSSR count). The number of aromatic hydroxyl groups is 1. The Balaban J connectivity index is 2.84. The zero-order valence-corrected chi connectivity index (χ0v) is 11.9. The number of hydrogen-bond donors (Lipinski definition) is 2. The van der Waals surface area contributed by atoms with Crippen LogP contribution in [-0.2, 0) is 4.74 Å². The highest BCUT2D eigenvalue weighted by Gasteiger charge is 2.27. The molecule has 0 bridgehead atoms. The maximum absolute atomic E-state index is 11.9. The molecule has 0 saturated heterocycles. The molecule has 2 aromatic rings. The van der Waals surface area contributed by atoms with Gasteiger partial charge in [-0.2, -0.15) is 0 Å². The van der Waals surface area contributed by atoms with Gasteiger partial charge in [-0.25, -0.2) is 4.79 Å². The topological polar surface area (TPSA) is 112 Å². The van der Waals surface area contributed by atoms with Gasteiger partial charge in [-0.1, -0.05) is 0 Å². The number of phenols is 1. The van der Waals surface area contributed by atoms with Crippen LogP contribution in [0.3, 0.4) is 0 Å². The molecule has 0 fully saturated rings. The third-order valence-corrected chi connectivity index (χ3v) is 3.07. The molecule has 0 radical (unpaired) electrons. The number of hydrogen-bond acceptors (Lipinski definition) is 6. The number of esters is 1. The van der Waals surface area contributed by atoms with Crippen molar-refractivity contribution in [3.8, 4) is 11.5 Å². The molecule has 1 aromatic carbocycles. The van der Waals surface area contributed by atoms with Crippen molar-refractivity contribution in [1.82, 2.24) is 0 Å². The zero-order valence-electron chi connectivity index (χ0n) is 11.9. The molecule has 21 heavy (non-hydrogen) atoms. The highest BCUT2D eigenvalue weighted by Crippen LogP contribution is 2.40. The van der Waals surface area contributed by atoms with E-state index in [2.05, 4.69) is 0 Å². The third-order valence-electron chi connectivity index (χ3n) is 3.07. The zero-order chi connectivity index (χ0) is 15.7. The van der Waals surface area contributed by atoms with Gasteiger partial charge in [0.1, 0.15) is 17.1 Å². The molecule has 7 nitrogen and oxygen atoms in total. The number of fused-ring (bicyclic) bond motifs is 1. The molecule has 0 spiro atoms. The summed E-state index contributed by atoms with van der Waals surface area (Å²) in [5, 5.41) is 10.3. The Bertz CT molecular complexity index is 731. The first-order chi connectivity index (χ1) is 9.92. The van der Waals surface area contributed by atoms with Crippen LogP contribution >= 0.6 is 0 Å². The van der Waals surface area contributed by atoms with Crippen LogP contribution in [0.1, 0.15) is 33.4 Å². The molecule has 3 N–H and O–H groups in total. The first kappa shape index (κ1) is 14.7. The smallest absolute Gasteiger partial charge is 0.374 e. The van der Waals surface area contributed by atoms with Crippen molar-refractivity contribution in [3.63, 3.8) is 0 Å². The molecule has 0 atom stereocenters. The molecule has 112 valence electrons. The van der Waals surface area contributed by atoms with Crippen LogP contribution in [0.2, 0.25) is 0 Å². The van der Waals surface area contributed by atoms with Crippen molar-refractivity contribution in [2.24, 2.45) is 5.73 Å². The number of ether oxygens (including phenoxy) is 2. The van der Waals surface area contributed by atoms with E-state index in [4.69, 9.17) is 19.6 Å². The maximum Gasteiger partial charge on any atom is 0.374 e. The molecule has 7 heteroatoms. The lowest BCUT2D eigenvalue weighted by Crippen LogP contribution is -2.11. The van der Waals surface area contributed by atoms with E-state index in [1.54, 1.807) is 13.8 Å². The van der Waals surface area contributed by atoms with E-state index < -0.39 is 11.9 Å². The van der Waals surface area contributed by atoms with Gasteiger partial charge >= 0.3 is 5.97 Å². The molecule has 1 aromatic heterocycles. The van der Waals surface area contributed by atoms with E-state index >= 15 is 0 Å². The molecule has 1 amide bonds. The molecule has 0 aliphatic carbocycles. The fraction of sp³-hybridized carbons (Fsp3) is 0.286. The predicted molar refractivity (Wildman–Crippen MR) is 73.6 cm³/mol. The standard InChI is InChI=1S/C14H15NO6/c1-4-20-14(18)11-6(2)9-8(19-3)5-7(16)10(13(15)17)12(9)21-11/h5,16H,4H2,1-3H3,(H2,15,17). The van der Waals surface area contributed by atoms with Gasteiger partial charge in [0.05, 0.1) is 19.1 Å². The van der Waals surface area contributed by atoms with Crippen molar-refractivity contribution in [3.05, 3.63) is 23.0 Å². The Morgan fingerprint density at radius 1 is 1.43 bits per heavy atom. The minimum absolute atomic E-state index is 0.0000898. The second-order valence-corrected chi connectivity index (χ2v) is 4.32. The monoisotopic (exact) mass is 293 g/mol. The second kappa shape index (κ2) is 5.35. The average Bonchev–Trinajstić information content (AvgIpc) is 2.75. The molecule has 0 aliphatic heterocycles. The number of nitrogens with two attached hydrogens (primary N) is 1. The summed E-state index contributed by atoms with van der Waals surface area (Å²) in [6.45, 7) is 3.47. The van der Waals surface area contributed by atoms with E-state index in [1.165, 1.54) is 13.2 Å². The third kappa shape index (κ3) is 2.26. The van der Waals surface area contributed by atoms with E-state index in [1.807, 2.05) is 0 Å². The summed E-state index contributed by atoms with van der Waals surface area (Å²) in [6.07, 6.45) is 0. The number of methoxy groups -OCH3 is 1. The van der Waals surface area contributed by atoms with Crippen LogP contribution in [0.15, 0.2) is 10.5 Å². The Morgan fingerprint density at radius 3 is 2.62 bits per heavy atom. The summed E-state index contributed by atoms with van der Waals surface area (Å²) in [4.78, 5) is 23.4. The van der Waals surface area contributed by atoms with Crippen LogP contribution in [0.4, 0.5) is 0 Å². The second-order valence-electron chi connectivity index (χ2n) is 4.32. The van der Waals surface area contributed by atoms with Crippen molar-refractivity contribution in [2.75, 3.05) is 13.7 Å². The first-order valence-corrected chi connectivity index (χ1v) is 6.22. The first-order valence-electron chi connectivity index (χ1n) is 6.22. The summed E-state index contributed by atoms with van der Waals surface area (Å²) in [6, 6.07) is 1.25. The SMILES string of the molecule is CCOC(=O)c1oc2c(C(N)=O)c(O)cc(OC)c2c1C. The van der Waals surface area contributed by atoms with Crippen LogP contribution in [0, 0.1) is 6.92 Å². The van der Waals surface area contributed by atoms with Gasteiger partial charge in [-0.05, 0) is 13.8 Å². The molecule has 0 saturated carbocycles. The van der Waals surface area contributed by atoms with Crippen LogP contribution in [0.5, 0.6) is 11.5 Å². The van der Waals surface area contributed by atoms with Gasteiger partial charge in [-0.3, -0.25) is 4.79 Å². The molecular weight excluding hydrogens is 278 g/mol. The number of primary amides is 1. The number of carbonyl (C=O) groups excluding carboxylic acids is 2. The van der Waals surface area contributed by atoms with Crippen molar-refractivity contribution >= 4 is 22.8 Å².